The van der Waals surface area contributed by atoms with Gasteiger partial charge in [0, 0.05) is 17.3 Å². The standard InChI is InChI=1S/C27H29ClN2O4S/c1-17-20(28)8-7-9-21(17)29-27(35)30-13-12-18-14-25(32-3)26(33-4)15-19(18)22(30)16-34-24-11-6-5-10-23(24)31-2/h5-11,14-15,22H,12-13,16H2,1-4H3,(H,29,35)/t22-/m1/s1. The SMILES string of the molecule is COc1cc2c(cc1OC)[C@@H](COc1ccccc1OC)N(C(=S)Nc1cccc(Cl)c1C)CC2. The highest BCUT2D eigenvalue weighted by Crippen LogP contribution is 2.39. The van der Waals surface area contributed by atoms with Crippen LogP contribution in [0.5, 0.6) is 23.0 Å². The summed E-state index contributed by atoms with van der Waals surface area (Å²) in [6.45, 7) is 3.05. The number of nitrogens with zero attached hydrogens (tertiary/aromatic N) is 1. The zero-order valence-electron chi connectivity index (χ0n) is 20.3. The number of ether oxygens (including phenoxy) is 4. The fourth-order valence-electron chi connectivity index (χ4n) is 4.29. The molecule has 6 nitrogen and oxygen atoms in total. The predicted molar refractivity (Wildman–Crippen MR) is 144 cm³/mol. The van der Waals surface area contributed by atoms with Crippen LogP contribution >= 0.6 is 23.8 Å². The predicted octanol–water partition coefficient (Wildman–Crippen LogP) is 6.05. The lowest BCUT2D eigenvalue weighted by molar-refractivity contribution is 0.185. The summed E-state index contributed by atoms with van der Waals surface area (Å²) in [5, 5.41) is 4.68. The number of para-hydroxylation sites is 2. The summed E-state index contributed by atoms with van der Waals surface area (Å²) in [5.41, 5.74) is 4.08. The van der Waals surface area contributed by atoms with Crippen LogP contribution in [0.25, 0.3) is 0 Å². The molecule has 3 aromatic rings. The highest BCUT2D eigenvalue weighted by atomic mass is 35.5. The molecule has 3 aromatic carbocycles. The van der Waals surface area contributed by atoms with E-state index >= 15 is 0 Å². The quantitative estimate of drug-likeness (QED) is 0.387. The lowest BCUT2D eigenvalue weighted by Crippen LogP contribution is -2.44. The number of thiocarbonyl (C=S) groups is 1. The van der Waals surface area contributed by atoms with Gasteiger partial charge in [-0.2, -0.15) is 0 Å². The van der Waals surface area contributed by atoms with E-state index in [4.69, 9.17) is 42.8 Å². The van der Waals surface area contributed by atoms with E-state index in [1.807, 2.05) is 61.5 Å². The van der Waals surface area contributed by atoms with Crippen molar-refractivity contribution in [1.29, 1.82) is 0 Å². The van der Waals surface area contributed by atoms with Crippen molar-refractivity contribution in [2.24, 2.45) is 0 Å². The normalized spacial score (nSPS) is 14.7. The zero-order chi connectivity index (χ0) is 24.9. The van der Waals surface area contributed by atoms with Crippen molar-refractivity contribution in [3.8, 4) is 23.0 Å². The van der Waals surface area contributed by atoms with Crippen LogP contribution in [0, 0.1) is 6.92 Å². The number of halogens is 1. The Morgan fingerprint density at radius 1 is 0.971 bits per heavy atom. The first-order chi connectivity index (χ1) is 17.0. The second-order valence-corrected chi connectivity index (χ2v) is 8.96. The second-order valence-electron chi connectivity index (χ2n) is 8.17. The molecule has 0 unspecified atom stereocenters. The Morgan fingerprint density at radius 3 is 2.37 bits per heavy atom. The van der Waals surface area contributed by atoms with E-state index in [1.165, 1.54) is 5.56 Å². The molecule has 0 bridgehead atoms. The summed E-state index contributed by atoms with van der Waals surface area (Å²) < 4.78 is 22.9. The van der Waals surface area contributed by atoms with Crippen molar-refractivity contribution in [3.05, 3.63) is 76.3 Å². The summed E-state index contributed by atoms with van der Waals surface area (Å²) >= 11 is 12.2. The number of hydrogen-bond acceptors (Lipinski definition) is 5. The number of hydrogen-bond donors (Lipinski definition) is 1. The smallest absolute Gasteiger partial charge is 0.174 e. The van der Waals surface area contributed by atoms with Crippen molar-refractivity contribution < 1.29 is 18.9 Å². The Bertz CT molecular complexity index is 1220. The molecule has 184 valence electrons. The Hall–Kier alpha value is -3.16. The van der Waals surface area contributed by atoms with Crippen LogP contribution in [0.1, 0.15) is 22.7 Å². The lowest BCUT2D eigenvalue weighted by atomic mass is 9.92. The molecule has 0 amide bonds. The van der Waals surface area contributed by atoms with Crippen molar-refractivity contribution in [1.82, 2.24) is 4.90 Å². The summed E-state index contributed by atoms with van der Waals surface area (Å²) in [7, 11) is 4.92. The summed E-state index contributed by atoms with van der Waals surface area (Å²) in [6, 6.07) is 17.3. The van der Waals surface area contributed by atoms with Gasteiger partial charge < -0.3 is 29.2 Å². The summed E-state index contributed by atoms with van der Waals surface area (Å²) in [5.74, 6) is 2.73. The lowest BCUT2D eigenvalue weighted by Gasteiger charge is -2.39. The monoisotopic (exact) mass is 512 g/mol. The molecule has 1 N–H and O–H groups in total. The van der Waals surface area contributed by atoms with Crippen LogP contribution in [-0.2, 0) is 6.42 Å². The molecule has 1 atom stereocenters. The van der Waals surface area contributed by atoms with Gasteiger partial charge >= 0.3 is 0 Å². The van der Waals surface area contributed by atoms with E-state index in [9.17, 15) is 0 Å². The van der Waals surface area contributed by atoms with E-state index in [0.29, 0.717) is 46.3 Å². The molecule has 0 fully saturated rings. The third-order valence-electron chi connectivity index (χ3n) is 6.24. The fourth-order valence-corrected chi connectivity index (χ4v) is 4.79. The average Bonchev–Trinajstić information content (AvgIpc) is 2.88. The number of rotatable bonds is 7. The van der Waals surface area contributed by atoms with Gasteiger partial charge in [-0.1, -0.05) is 29.8 Å². The van der Waals surface area contributed by atoms with Gasteiger partial charge in [0.15, 0.2) is 28.1 Å². The highest BCUT2D eigenvalue weighted by Gasteiger charge is 2.32. The topological polar surface area (TPSA) is 52.2 Å². The van der Waals surface area contributed by atoms with E-state index in [0.717, 1.165) is 23.2 Å². The molecule has 0 saturated carbocycles. The molecule has 0 aromatic heterocycles. The number of anilines is 1. The van der Waals surface area contributed by atoms with E-state index in [2.05, 4.69) is 10.2 Å². The van der Waals surface area contributed by atoms with Gasteiger partial charge in [0.25, 0.3) is 0 Å². The van der Waals surface area contributed by atoms with Crippen LogP contribution < -0.4 is 24.3 Å². The van der Waals surface area contributed by atoms with Gasteiger partial charge in [-0.25, -0.2) is 0 Å². The summed E-state index contributed by atoms with van der Waals surface area (Å²) in [4.78, 5) is 2.15. The van der Waals surface area contributed by atoms with Crippen LogP contribution in [0.15, 0.2) is 54.6 Å². The zero-order valence-corrected chi connectivity index (χ0v) is 21.8. The van der Waals surface area contributed by atoms with Crippen LogP contribution in [0.4, 0.5) is 5.69 Å². The number of nitrogens with one attached hydrogen (secondary N) is 1. The molecular formula is C27H29ClN2O4S. The molecule has 0 saturated heterocycles. The first-order valence-corrected chi connectivity index (χ1v) is 12.1. The molecule has 0 spiro atoms. The Balaban J connectivity index is 1.68. The molecular weight excluding hydrogens is 484 g/mol. The van der Waals surface area contributed by atoms with Gasteiger partial charge in [-0.05, 0) is 78.7 Å². The van der Waals surface area contributed by atoms with Crippen molar-refractivity contribution in [2.75, 3.05) is 39.8 Å². The van der Waals surface area contributed by atoms with Crippen LogP contribution in [0.2, 0.25) is 5.02 Å². The number of benzene rings is 3. The number of methoxy groups -OCH3 is 3. The average molecular weight is 513 g/mol. The Kier molecular flexibility index (Phi) is 7.88. The molecule has 0 aliphatic carbocycles. The molecule has 4 rings (SSSR count). The summed E-state index contributed by atoms with van der Waals surface area (Å²) in [6.07, 6.45) is 0.803. The second kappa shape index (κ2) is 11.1. The largest absolute Gasteiger partial charge is 0.493 e. The van der Waals surface area contributed by atoms with Gasteiger partial charge in [0.1, 0.15) is 6.61 Å². The molecule has 0 radical (unpaired) electrons. The van der Waals surface area contributed by atoms with Crippen molar-refractivity contribution in [2.45, 2.75) is 19.4 Å². The Morgan fingerprint density at radius 2 is 1.66 bits per heavy atom. The van der Waals surface area contributed by atoms with Crippen molar-refractivity contribution >= 4 is 34.6 Å². The van der Waals surface area contributed by atoms with E-state index < -0.39 is 0 Å². The maximum Gasteiger partial charge on any atom is 0.174 e. The van der Waals surface area contributed by atoms with Crippen molar-refractivity contribution in [3.63, 3.8) is 0 Å². The van der Waals surface area contributed by atoms with Gasteiger partial charge in [-0.3, -0.25) is 0 Å². The third-order valence-corrected chi connectivity index (χ3v) is 6.98. The van der Waals surface area contributed by atoms with E-state index in [1.54, 1.807) is 21.3 Å². The molecule has 1 aliphatic rings. The number of fused-ring (bicyclic) bond motifs is 1. The molecule has 35 heavy (non-hydrogen) atoms. The minimum atomic E-state index is -0.164. The molecule has 1 heterocycles. The molecule has 1 aliphatic heterocycles. The first-order valence-electron chi connectivity index (χ1n) is 11.3. The maximum absolute atomic E-state index is 6.33. The first kappa shape index (κ1) is 24.9. The minimum Gasteiger partial charge on any atom is -0.493 e. The third kappa shape index (κ3) is 5.26. The van der Waals surface area contributed by atoms with Gasteiger partial charge in [0.05, 0.1) is 27.4 Å². The van der Waals surface area contributed by atoms with E-state index in [-0.39, 0.29) is 6.04 Å². The highest BCUT2D eigenvalue weighted by molar-refractivity contribution is 7.80. The van der Waals surface area contributed by atoms with Gasteiger partial charge in [-0.15, -0.1) is 0 Å². The Labute approximate surface area is 216 Å². The maximum atomic E-state index is 6.33. The fraction of sp³-hybridized carbons (Fsp3) is 0.296. The molecule has 8 heteroatoms. The van der Waals surface area contributed by atoms with Crippen LogP contribution in [-0.4, -0.2) is 44.5 Å². The minimum absolute atomic E-state index is 0.164. The van der Waals surface area contributed by atoms with Crippen LogP contribution in [0.3, 0.4) is 0 Å². The van der Waals surface area contributed by atoms with Gasteiger partial charge in [0.2, 0.25) is 0 Å².